The van der Waals surface area contributed by atoms with Gasteiger partial charge in [-0.15, -0.1) is 0 Å². The summed E-state index contributed by atoms with van der Waals surface area (Å²) >= 11 is 0. The van der Waals surface area contributed by atoms with Gasteiger partial charge in [0.25, 0.3) is 0 Å². The first kappa shape index (κ1) is 34.2. The van der Waals surface area contributed by atoms with Crippen LogP contribution in [0.1, 0.15) is 22.3 Å². The third kappa shape index (κ3) is 4.02. The standard InChI is InChI=1S/C65H36/c1-3-16-37(17-4-1)59-41-22-7-8-23-42(41)60(38-18-5-2-6-19-38)53-35-51-46-32-33-47-54-36-58-62(49-26-15-25-43(61(49)54)44-30-31-45(64(46)63(44)47)50(51)34-52(53)59)48-24-11-14-29-57(48)65(58)55-27-12-9-20-39(55)40-21-10-13-28-56(40)65/h1-36H. The normalized spacial score (nSPS) is 13.7. The van der Waals surface area contributed by atoms with E-state index in [9.17, 15) is 0 Å². The predicted molar refractivity (Wildman–Crippen MR) is 274 cm³/mol. The molecule has 0 N–H and O–H groups in total. The molecule has 3 aliphatic carbocycles. The molecule has 13 aromatic rings. The molecule has 13 aromatic carbocycles. The molecule has 0 amide bonds. The average Bonchev–Trinajstić information content (AvgIpc) is 3.97. The summed E-state index contributed by atoms with van der Waals surface area (Å²) in [5, 5.41) is 15.9. The molecule has 0 bridgehead atoms. The van der Waals surface area contributed by atoms with Crippen molar-refractivity contribution in [1.29, 1.82) is 0 Å². The van der Waals surface area contributed by atoms with E-state index in [4.69, 9.17) is 0 Å². The summed E-state index contributed by atoms with van der Waals surface area (Å²) in [6, 6.07) is 83.1. The zero-order valence-corrected chi connectivity index (χ0v) is 35.3. The lowest BCUT2D eigenvalue weighted by molar-refractivity contribution is 0.795. The minimum Gasteiger partial charge on any atom is -0.0622 e. The van der Waals surface area contributed by atoms with Crippen molar-refractivity contribution >= 4 is 64.6 Å². The van der Waals surface area contributed by atoms with Crippen molar-refractivity contribution in [1.82, 2.24) is 0 Å². The Morgan fingerprint density at radius 2 is 0.646 bits per heavy atom. The maximum atomic E-state index is 2.62. The number of hydrogen-bond donors (Lipinski definition) is 0. The summed E-state index contributed by atoms with van der Waals surface area (Å²) in [6.45, 7) is 0. The van der Waals surface area contributed by atoms with Crippen LogP contribution in [0.15, 0.2) is 218 Å². The molecule has 0 saturated heterocycles. The van der Waals surface area contributed by atoms with Crippen LogP contribution in [0.4, 0.5) is 0 Å². The number of rotatable bonds is 2. The van der Waals surface area contributed by atoms with Crippen molar-refractivity contribution in [2.45, 2.75) is 5.41 Å². The van der Waals surface area contributed by atoms with Gasteiger partial charge in [-0.3, -0.25) is 0 Å². The monoisotopic (exact) mass is 816 g/mol. The lowest BCUT2D eigenvalue weighted by Crippen LogP contribution is -2.25. The van der Waals surface area contributed by atoms with Gasteiger partial charge < -0.3 is 0 Å². The van der Waals surface area contributed by atoms with E-state index in [1.807, 2.05) is 0 Å². The zero-order chi connectivity index (χ0) is 42.1. The Kier molecular flexibility index (Phi) is 6.33. The molecule has 16 rings (SSSR count). The Labute approximate surface area is 375 Å². The van der Waals surface area contributed by atoms with Gasteiger partial charge in [0.2, 0.25) is 0 Å². The van der Waals surface area contributed by atoms with Crippen molar-refractivity contribution in [2.24, 2.45) is 0 Å². The molecule has 0 heteroatoms. The highest BCUT2D eigenvalue weighted by Crippen LogP contribution is 2.65. The molecule has 0 unspecified atom stereocenters. The van der Waals surface area contributed by atoms with Gasteiger partial charge in [0.05, 0.1) is 5.41 Å². The molecule has 0 radical (unpaired) electrons. The van der Waals surface area contributed by atoms with Crippen LogP contribution < -0.4 is 0 Å². The molecule has 65 heavy (non-hydrogen) atoms. The van der Waals surface area contributed by atoms with Crippen LogP contribution in [-0.4, -0.2) is 0 Å². The topological polar surface area (TPSA) is 0 Å². The molecule has 0 atom stereocenters. The van der Waals surface area contributed by atoms with Gasteiger partial charge in [-0.2, -0.15) is 0 Å². The highest BCUT2D eigenvalue weighted by atomic mass is 14.5. The Bertz CT molecular complexity index is 4110. The van der Waals surface area contributed by atoms with Crippen molar-refractivity contribution in [3.63, 3.8) is 0 Å². The molecule has 1 spiro atoms. The molecular formula is C65H36. The second-order valence-corrected chi connectivity index (χ2v) is 18.5. The van der Waals surface area contributed by atoms with Crippen LogP contribution in [-0.2, 0) is 5.41 Å². The maximum Gasteiger partial charge on any atom is 0.0725 e. The zero-order valence-electron chi connectivity index (χ0n) is 35.3. The smallest absolute Gasteiger partial charge is 0.0622 e. The van der Waals surface area contributed by atoms with Crippen LogP contribution in [0.5, 0.6) is 0 Å². The summed E-state index contributed by atoms with van der Waals surface area (Å²) in [5.74, 6) is 0. The lowest BCUT2D eigenvalue weighted by atomic mass is 9.70. The summed E-state index contributed by atoms with van der Waals surface area (Å²) in [4.78, 5) is 0. The summed E-state index contributed by atoms with van der Waals surface area (Å²) in [6.07, 6.45) is 0. The van der Waals surface area contributed by atoms with Crippen molar-refractivity contribution < 1.29 is 0 Å². The van der Waals surface area contributed by atoms with E-state index in [-0.39, 0.29) is 0 Å². The predicted octanol–water partition coefficient (Wildman–Crippen LogP) is 17.4. The second-order valence-electron chi connectivity index (χ2n) is 18.5. The van der Waals surface area contributed by atoms with Gasteiger partial charge in [-0.1, -0.05) is 200 Å². The summed E-state index contributed by atoms with van der Waals surface area (Å²) in [7, 11) is 0. The summed E-state index contributed by atoms with van der Waals surface area (Å²) in [5.41, 5.74) is 20.9. The molecule has 0 aromatic heterocycles. The molecule has 3 aliphatic rings. The molecule has 296 valence electrons. The Hall–Kier alpha value is -8.32. The fraction of sp³-hybridized carbons (Fsp3) is 0.0154. The largest absolute Gasteiger partial charge is 0.0725 e. The van der Waals surface area contributed by atoms with Crippen LogP contribution in [0, 0.1) is 0 Å². The van der Waals surface area contributed by atoms with E-state index in [0.29, 0.717) is 0 Å². The van der Waals surface area contributed by atoms with Crippen molar-refractivity contribution in [3.8, 4) is 66.8 Å². The number of hydrogen-bond acceptors (Lipinski definition) is 0. The fourth-order valence-electron chi connectivity index (χ4n) is 13.4. The fourth-order valence-corrected chi connectivity index (χ4v) is 13.4. The van der Waals surface area contributed by atoms with E-state index in [2.05, 4.69) is 218 Å². The Balaban J connectivity index is 1.04. The van der Waals surface area contributed by atoms with Crippen LogP contribution in [0.25, 0.3) is 131 Å². The van der Waals surface area contributed by atoms with Crippen LogP contribution in [0.3, 0.4) is 0 Å². The lowest BCUT2D eigenvalue weighted by Gasteiger charge is -2.31. The molecular weight excluding hydrogens is 781 g/mol. The second kappa shape index (κ2) is 12.0. The van der Waals surface area contributed by atoms with E-state index in [1.54, 1.807) is 0 Å². The van der Waals surface area contributed by atoms with E-state index in [1.165, 1.54) is 154 Å². The molecule has 0 nitrogen and oxygen atoms in total. The minimum absolute atomic E-state index is 0.415. The molecule has 0 aliphatic heterocycles. The Morgan fingerprint density at radius 3 is 1.23 bits per heavy atom. The molecule has 0 heterocycles. The third-order valence-corrected chi connectivity index (χ3v) is 15.7. The molecule has 0 fully saturated rings. The maximum absolute atomic E-state index is 2.62. The SMILES string of the molecule is c1ccc(-c2c3ccccc3c(-c3ccccc3)c3cc4c(cc23)-c2ccc3c5cccc6c7c(cc(c8ccc-4c2c38)c65)C2(c3ccccc3-c3ccccc32)c2ccccc2-7)cc1. The molecule has 0 saturated carbocycles. The van der Waals surface area contributed by atoms with Gasteiger partial charge in [0.1, 0.15) is 0 Å². The first-order valence-corrected chi connectivity index (χ1v) is 22.9. The number of fused-ring (bicyclic) bond motifs is 18. The Morgan fingerprint density at radius 1 is 0.200 bits per heavy atom. The van der Waals surface area contributed by atoms with E-state index in [0.717, 1.165) is 0 Å². The van der Waals surface area contributed by atoms with Crippen molar-refractivity contribution in [3.05, 3.63) is 241 Å². The third-order valence-electron chi connectivity index (χ3n) is 15.7. The first-order valence-electron chi connectivity index (χ1n) is 22.9. The van der Waals surface area contributed by atoms with Gasteiger partial charge >= 0.3 is 0 Å². The van der Waals surface area contributed by atoms with Gasteiger partial charge in [0, 0.05) is 0 Å². The summed E-state index contributed by atoms with van der Waals surface area (Å²) < 4.78 is 0. The van der Waals surface area contributed by atoms with Gasteiger partial charge in [-0.05, 0) is 172 Å². The van der Waals surface area contributed by atoms with E-state index < -0.39 is 5.41 Å². The first-order chi connectivity index (χ1) is 32.3. The van der Waals surface area contributed by atoms with Crippen LogP contribution in [0.2, 0.25) is 0 Å². The quantitative estimate of drug-likeness (QED) is 0.120. The average molecular weight is 817 g/mol. The highest BCUT2D eigenvalue weighted by Gasteiger charge is 2.52. The minimum atomic E-state index is -0.415. The van der Waals surface area contributed by atoms with Gasteiger partial charge in [0.15, 0.2) is 0 Å². The van der Waals surface area contributed by atoms with Crippen LogP contribution >= 0.6 is 0 Å². The van der Waals surface area contributed by atoms with Crippen molar-refractivity contribution in [2.75, 3.05) is 0 Å². The highest BCUT2D eigenvalue weighted by molar-refractivity contribution is 6.39. The van der Waals surface area contributed by atoms with Gasteiger partial charge in [-0.25, -0.2) is 0 Å². The number of benzene rings is 13. The van der Waals surface area contributed by atoms with E-state index >= 15 is 0 Å².